The fraction of sp³-hybridized carbons (Fsp3) is 0.107. The Kier molecular flexibility index (Phi) is 10.8. The number of carbonyl (C=O) groups is 3. The second-order valence-corrected chi connectivity index (χ2v) is 11.5. The number of hydrogen-bond donors (Lipinski definition) is 3. The van der Waals surface area contributed by atoms with Crippen molar-refractivity contribution in [1.82, 2.24) is 14.7 Å². The number of anilines is 2. The molecule has 4 rings (SSSR count). The van der Waals surface area contributed by atoms with Crippen molar-refractivity contribution in [2.75, 3.05) is 22.1 Å². The third kappa shape index (κ3) is 8.95. The Morgan fingerprint density at radius 3 is 2.52 bits per heavy atom. The fourth-order valence-electron chi connectivity index (χ4n) is 3.32. The molecule has 0 atom stereocenters. The van der Waals surface area contributed by atoms with Gasteiger partial charge in [0, 0.05) is 32.7 Å². The minimum absolute atomic E-state index is 0.0474. The van der Waals surface area contributed by atoms with Crippen LogP contribution in [0.15, 0.2) is 94.6 Å². The molecule has 0 aliphatic heterocycles. The number of benzene rings is 3. The molecule has 3 aromatic carbocycles. The number of carbonyl (C=O) groups excluding carboxylic acids is 3. The zero-order chi connectivity index (χ0) is 28.3. The van der Waals surface area contributed by atoms with Gasteiger partial charge in [-0.15, -0.1) is 11.8 Å². The molecule has 0 aliphatic carbocycles. The molecule has 1 aromatic heterocycles. The van der Waals surface area contributed by atoms with Crippen molar-refractivity contribution >= 4 is 81.3 Å². The summed E-state index contributed by atoms with van der Waals surface area (Å²) in [4.78, 5) is 43.6. The molecule has 0 spiro atoms. The maximum Gasteiger partial charge on any atom is 0.272 e. The van der Waals surface area contributed by atoms with Gasteiger partial charge in [-0.3, -0.25) is 19.7 Å². The van der Waals surface area contributed by atoms with Gasteiger partial charge in [0.15, 0.2) is 0 Å². The van der Waals surface area contributed by atoms with Crippen LogP contribution in [0.1, 0.15) is 22.8 Å². The topological polar surface area (TPSA) is 113 Å². The average Bonchev–Trinajstić information content (AvgIpc) is 3.39. The largest absolute Gasteiger partial charge is 0.321 e. The summed E-state index contributed by atoms with van der Waals surface area (Å²) in [5, 5.41) is 9.89. The molecule has 204 valence electrons. The Hall–Kier alpha value is -3.64. The molecule has 0 saturated carbocycles. The van der Waals surface area contributed by atoms with Crippen molar-refractivity contribution < 1.29 is 14.4 Å². The Bertz CT molecular complexity index is 1530. The molecule has 4 aromatic rings. The van der Waals surface area contributed by atoms with Gasteiger partial charge in [0.1, 0.15) is 5.70 Å². The van der Waals surface area contributed by atoms with E-state index in [2.05, 4.69) is 25.3 Å². The highest BCUT2D eigenvalue weighted by molar-refractivity contribution is 8.00. The first-order valence-corrected chi connectivity index (χ1v) is 15.2. The van der Waals surface area contributed by atoms with E-state index in [1.165, 1.54) is 23.5 Å². The summed E-state index contributed by atoms with van der Waals surface area (Å²) in [6.07, 6.45) is 1.56. The van der Waals surface area contributed by atoms with Gasteiger partial charge >= 0.3 is 0 Å². The molecular formula is C28H24ClN5O3S3. The highest BCUT2D eigenvalue weighted by atomic mass is 35.5. The number of rotatable bonds is 11. The van der Waals surface area contributed by atoms with Gasteiger partial charge < -0.3 is 10.6 Å². The number of hydrogen-bond acceptors (Lipinski definition) is 8. The van der Waals surface area contributed by atoms with Crippen LogP contribution in [0.2, 0.25) is 5.02 Å². The first kappa shape index (κ1) is 29.3. The Morgan fingerprint density at radius 2 is 1.75 bits per heavy atom. The lowest BCUT2D eigenvalue weighted by atomic mass is 10.1. The molecule has 40 heavy (non-hydrogen) atoms. The van der Waals surface area contributed by atoms with Crippen LogP contribution in [0, 0.1) is 0 Å². The highest BCUT2D eigenvalue weighted by Crippen LogP contribution is 2.24. The van der Waals surface area contributed by atoms with Gasteiger partial charge in [-0.2, -0.15) is 9.36 Å². The average molecular weight is 610 g/mol. The molecule has 0 saturated heterocycles. The predicted molar refractivity (Wildman–Crippen MR) is 164 cm³/mol. The highest BCUT2D eigenvalue weighted by Gasteiger charge is 2.16. The summed E-state index contributed by atoms with van der Waals surface area (Å²) in [7, 11) is 0. The predicted octanol–water partition coefficient (Wildman–Crippen LogP) is 6.44. The van der Waals surface area contributed by atoms with E-state index in [4.69, 9.17) is 11.6 Å². The van der Waals surface area contributed by atoms with Gasteiger partial charge in [-0.25, -0.2) is 0 Å². The lowest BCUT2D eigenvalue weighted by Crippen LogP contribution is -2.30. The zero-order valence-electron chi connectivity index (χ0n) is 21.2. The zero-order valence-corrected chi connectivity index (χ0v) is 24.4. The maximum absolute atomic E-state index is 13.3. The minimum Gasteiger partial charge on any atom is -0.321 e. The number of nitrogens with one attached hydrogen (secondary N) is 3. The Balaban J connectivity index is 1.42. The van der Waals surface area contributed by atoms with Crippen molar-refractivity contribution in [1.29, 1.82) is 0 Å². The minimum atomic E-state index is -0.513. The van der Waals surface area contributed by atoms with Crippen LogP contribution < -0.4 is 16.0 Å². The normalized spacial score (nSPS) is 11.1. The number of halogens is 1. The van der Waals surface area contributed by atoms with Gasteiger partial charge in [0.25, 0.3) is 11.8 Å². The molecule has 0 bridgehead atoms. The van der Waals surface area contributed by atoms with Crippen LogP contribution in [0.5, 0.6) is 0 Å². The molecule has 0 aliphatic rings. The van der Waals surface area contributed by atoms with Crippen LogP contribution >= 0.6 is 46.7 Å². The summed E-state index contributed by atoms with van der Waals surface area (Å²) in [5.74, 6) is -0.139. The van der Waals surface area contributed by atoms with Gasteiger partial charge in [-0.1, -0.05) is 66.7 Å². The van der Waals surface area contributed by atoms with E-state index in [1.54, 1.807) is 78.9 Å². The maximum atomic E-state index is 13.3. The molecule has 1 heterocycles. The number of nitrogens with zero attached hydrogens (tertiary/aromatic N) is 2. The Morgan fingerprint density at radius 1 is 0.950 bits per heavy atom. The molecule has 8 nitrogen and oxygen atoms in total. The summed E-state index contributed by atoms with van der Waals surface area (Å²) >= 11 is 10.1. The molecule has 12 heteroatoms. The summed E-state index contributed by atoms with van der Waals surface area (Å²) < 4.78 is 4.19. The fourth-order valence-corrected chi connectivity index (χ4v) is 5.56. The number of thioether (sulfide) groups is 2. The SMILES string of the molecule is CCSc1nsc(NC(=O)CSc2cccc(NC(=O)/C(=C/c3cccc(Cl)c3)NC(=O)c3ccccc3)c2)n1. The standard InChI is InChI=1S/C28H24ClN5O3S3/c1-2-38-28-33-27(40-34-28)32-24(35)17-39-22-13-7-12-21(16-22)30-26(37)23(15-18-8-6-11-20(29)14-18)31-25(36)19-9-4-3-5-10-19/h3-16H,2,17H2,1H3,(H,30,37)(H,31,36)(H,32,33,34,35)/b23-15-. The first-order valence-electron chi connectivity index (χ1n) is 12.0. The molecule has 3 N–H and O–H groups in total. The van der Waals surface area contributed by atoms with E-state index < -0.39 is 11.8 Å². The first-order chi connectivity index (χ1) is 19.4. The number of amides is 3. The van der Waals surface area contributed by atoms with Crippen molar-refractivity contribution in [3.8, 4) is 0 Å². The second kappa shape index (κ2) is 14.7. The molecule has 0 radical (unpaired) electrons. The van der Waals surface area contributed by atoms with Crippen molar-refractivity contribution in [3.05, 3.63) is 101 Å². The van der Waals surface area contributed by atoms with E-state index in [0.717, 1.165) is 22.2 Å². The van der Waals surface area contributed by atoms with Crippen LogP contribution in [-0.4, -0.2) is 38.6 Å². The summed E-state index contributed by atoms with van der Waals surface area (Å²) in [6.45, 7) is 2.01. The molecule has 0 fully saturated rings. The van der Waals surface area contributed by atoms with Gasteiger partial charge in [-0.05, 0) is 59.9 Å². The smallest absolute Gasteiger partial charge is 0.272 e. The summed E-state index contributed by atoms with van der Waals surface area (Å²) in [6, 6.07) is 22.7. The van der Waals surface area contributed by atoms with Crippen molar-refractivity contribution in [2.45, 2.75) is 17.0 Å². The quantitative estimate of drug-likeness (QED) is 0.132. The third-order valence-corrected chi connectivity index (χ3v) is 7.78. The van der Waals surface area contributed by atoms with Crippen molar-refractivity contribution in [2.24, 2.45) is 0 Å². The molecule has 0 unspecified atom stereocenters. The van der Waals surface area contributed by atoms with Crippen LogP contribution in [0.3, 0.4) is 0 Å². The van der Waals surface area contributed by atoms with E-state index in [1.807, 2.05) is 13.0 Å². The van der Waals surface area contributed by atoms with Crippen LogP contribution in [0.25, 0.3) is 6.08 Å². The molecular weight excluding hydrogens is 586 g/mol. The van der Waals surface area contributed by atoms with E-state index in [0.29, 0.717) is 32.1 Å². The van der Waals surface area contributed by atoms with Gasteiger partial charge in [0.2, 0.25) is 16.2 Å². The monoisotopic (exact) mass is 609 g/mol. The van der Waals surface area contributed by atoms with E-state index in [-0.39, 0.29) is 17.4 Å². The van der Waals surface area contributed by atoms with E-state index >= 15 is 0 Å². The lowest BCUT2D eigenvalue weighted by Gasteiger charge is -2.12. The Labute approximate surface area is 249 Å². The third-order valence-electron chi connectivity index (χ3n) is 5.08. The van der Waals surface area contributed by atoms with E-state index in [9.17, 15) is 14.4 Å². The second-order valence-electron chi connectivity index (χ2n) is 8.07. The molecule has 3 amide bonds. The number of aromatic nitrogens is 2. The van der Waals surface area contributed by atoms with Crippen molar-refractivity contribution in [3.63, 3.8) is 0 Å². The van der Waals surface area contributed by atoms with Crippen LogP contribution in [-0.2, 0) is 9.59 Å². The van der Waals surface area contributed by atoms with Gasteiger partial charge in [0.05, 0.1) is 5.75 Å². The van der Waals surface area contributed by atoms with Crippen LogP contribution in [0.4, 0.5) is 10.8 Å². The lowest BCUT2D eigenvalue weighted by molar-refractivity contribution is -0.114. The summed E-state index contributed by atoms with van der Waals surface area (Å²) in [5.41, 5.74) is 1.62.